The van der Waals surface area contributed by atoms with Crippen molar-refractivity contribution in [3.8, 4) is 0 Å². The van der Waals surface area contributed by atoms with Crippen molar-refractivity contribution in [2.75, 3.05) is 11.1 Å². The zero-order chi connectivity index (χ0) is 14.7. The number of carbonyl (C=O) groups is 1. The summed E-state index contributed by atoms with van der Waals surface area (Å²) in [7, 11) is 0. The molecule has 0 atom stereocenters. The van der Waals surface area contributed by atoms with Crippen molar-refractivity contribution in [3.05, 3.63) is 58.7 Å². The van der Waals surface area contributed by atoms with Gasteiger partial charge in [0, 0.05) is 16.9 Å². The molecule has 0 aliphatic rings. The predicted octanol–water partition coefficient (Wildman–Crippen LogP) is 3.70. The minimum Gasteiger partial charge on any atom is -0.398 e. The molecule has 3 N–H and O–H groups in total. The Morgan fingerprint density at radius 1 is 1.15 bits per heavy atom. The third-order valence-corrected chi connectivity index (χ3v) is 3.34. The Morgan fingerprint density at radius 2 is 1.90 bits per heavy atom. The Bertz CT molecular complexity index is 647. The van der Waals surface area contributed by atoms with Crippen LogP contribution >= 0.6 is 0 Å². The van der Waals surface area contributed by atoms with Crippen LogP contribution in [0.2, 0.25) is 0 Å². The van der Waals surface area contributed by atoms with E-state index in [0.29, 0.717) is 11.3 Å². The van der Waals surface area contributed by atoms with Crippen LogP contribution < -0.4 is 11.1 Å². The summed E-state index contributed by atoms with van der Waals surface area (Å²) < 4.78 is 0. The highest BCUT2D eigenvalue weighted by Crippen LogP contribution is 2.18. The molecule has 104 valence electrons. The first-order valence-corrected chi connectivity index (χ1v) is 6.77. The summed E-state index contributed by atoms with van der Waals surface area (Å²) in [5.74, 6) is -0.105. The second-order valence-electron chi connectivity index (χ2n) is 5.09. The minimum atomic E-state index is -0.105. The van der Waals surface area contributed by atoms with E-state index in [0.717, 1.165) is 23.2 Å². The number of anilines is 2. The third kappa shape index (κ3) is 3.18. The molecule has 0 bridgehead atoms. The van der Waals surface area contributed by atoms with Gasteiger partial charge in [0.1, 0.15) is 0 Å². The van der Waals surface area contributed by atoms with Crippen LogP contribution in [0.15, 0.2) is 36.4 Å². The summed E-state index contributed by atoms with van der Waals surface area (Å²) in [6, 6.07) is 11.5. The molecule has 3 nitrogen and oxygen atoms in total. The van der Waals surface area contributed by atoms with Gasteiger partial charge in [-0.05, 0) is 55.7 Å². The average Bonchev–Trinajstić information content (AvgIpc) is 2.42. The quantitative estimate of drug-likeness (QED) is 0.834. The molecule has 0 aliphatic carbocycles. The van der Waals surface area contributed by atoms with Crippen LogP contribution in [0.5, 0.6) is 0 Å². The van der Waals surface area contributed by atoms with E-state index in [1.54, 1.807) is 6.07 Å². The Kier molecular flexibility index (Phi) is 4.08. The standard InChI is InChI=1S/C17H20N2O/c1-4-13-7-11(2)8-14(9-13)17(20)19-15-6-5-12(3)16(18)10-15/h5-10H,4,18H2,1-3H3,(H,19,20). The van der Waals surface area contributed by atoms with Gasteiger partial charge in [-0.2, -0.15) is 0 Å². The third-order valence-electron chi connectivity index (χ3n) is 3.34. The van der Waals surface area contributed by atoms with E-state index >= 15 is 0 Å². The number of benzene rings is 2. The lowest BCUT2D eigenvalue weighted by atomic mass is 10.0. The van der Waals surface area contributed by atoms with Gasteiger partial charge in [-0.25, -0.2) is 0 Å². The van der Waals surface area contributed by atoms with Crippen LogP contribution in [0.4, 0.5) is 11.4 Å². The number of carbonyl (C=O) groups excluding carboxylic acids is 1. The molecule has 2 rings (SSSR count). The molecule has 20 heavy (non-hydrogen) atoms. The van der Waals surface area contributed by atoms with Crippen LogP contribution in [0.3, 0.4) is 0 Å². The maximum atomic E-state index is 12.3. The highest BCUT2D eigenvalue weighted by atomic mass is 16.1. The van der Waals surface area contributed by atoms with E-state index in [-0.39, 0.29) is 5.91 Å². The molecule has 1 amide bonds. The Labute approximate surface area is 119 Å². The average molecular weight is 268 g/mol. The van der Waals surface area contributed by atoms with Gasteiger partial charge >= 0.3 is 0 Å². The van der Waals surface area contributed by atoms with Gasteiger partial charge in [-0.15, -0.1) is 0 Å². The molecule has 0 aliphatic heterocycles. The van der Waals surface area contributed by atoms with Crippen molar-refractivity contribution >= 4 is 17.3 Å². The number of nitrogens with two attached hydrogens (primary N) is 1. The second kappa shape index (κ2) is 5.78. The van der Waals surface area contributed by atoms with Crippen molar-refractivity contribution in [1.82, 2.24) is 0 Å². The predicted molar refractivity (Wildman–Crippen MR) is 84.1 cm³/mol. The highest BCUT2D eigenvalue weighted by molar-refractivity contribution is 6.04. The summed E-state index contributed by atoms with van der Waals surface area (Å²) >= 11 is 0. The van der Waals surface area contributed by atoms with Gasteiger partial charge in [0.15, 0.2) is 0 Å². The maximum absolute atomic E-state index is 12.3. The molecule has 2 aromatic rings. The number of hydrogen-bond donors (Lipinski definition) is 2. The number of nitrogen functional groups attached to an aromatic ring is 1. The lowest BCUT2D eigenvalue weighted by Gasteiger charge is -2.09. The number of hydrogen-bond acceptors (Lipinski definition) is 2. The largest absolute Gasteiger partial charge is 0.398 e. The van der Waals surface area contributed by atoms with Gasteiger partial charge in [0.05, 0.1) is 0 Å². The molecule has 0 fully saturated rings. The van der Waals surface area contributed by atoms with E-state index in [1.165, 1.54) is 5.56 Å². The van der Waals surface area contributed by atoms with Crippen LogP contribution in [0.25, 0.3) is 0 Å². The van der Waals surface area contributed by atoms with Gasteiger partial charge in [0.2, 0.25) is 0 Å². The van der Waals surface area contributed by atoms with Crippen LogP contribution in [0, 0.1) is 13.8 Å². The van der Waals surface area contributed by atoms with E-state index in [4.69, 9.17) is 5.73 Å². The van der Waals surface area contributed by atoms with Crippen molar-refractivity contribution in [2.24, 2.45) is 0 Å². The zero-order valence-corrected chi connectivity index (χ0v) is 12.2. The molecule has 0 saturated carbocycles. The number of rotatable bonds is 3. The maximum Gasteiger partial charge on any atom is 0.255 e. The van der Waals surface area contributed by atoms with E-state index < -0.39 is 0 Å². The van der Waals surface area contributed by atoms with Crippen LogP contribution in [-0.4, -0.2) is 5.91 Å². The topological polar surface area (TPSA) is 55.1 Å². The first-order chi connectivity index (χ1) is 9.49. The molecule has 0 spiro atoms. The summed E-state index contributed by atoms with van der Waals surface area (Å²) in [4.78, 5) is 12.3. The summed E-state index contributed by atoms with van der Waals surface area (Å²) in [5, 5.41) is 2.89. The Morgan fingerprint density at radius 3 is 2.55 bits per heavy atom. The first-order valence-electron chi connectivity index (χ1n) is 6.77. The molecule has 0 saturated heterocycles. The van der Waals surface area contributed by atoms with Gasteiger partial charge in [-0.1, -0.05) is 24.6 Å². The van der Waals surface area contributed by atoms with Crippen molar-refractivity contribution in [2.45, 2.75) is 27.2 Å². The monoisotopic (exact) mass is 268 g/mol. The number of amides is 1. The van der Waals surface area contributed by atoms with E-state index in [2.05, 4.69) is 18.3 Å². The fourth-order valence-corrected chi connectivity index (χ4v) is 2.12. The fourth-order valence-electron chi connectivity index (χ4n) is 2.12. The first kappa shape index (κ1) is 14.1. The SMILES string of the molecule is CCc1cc(C)cc(C(=O)Nc2ccc(C)c(N)c2)c1. The smallest absolute Gasteiger partial charge is 0.255 e. The van der Waals surface area contributed by atoms with Crippen molar-refractivity contribution < 1.29 is 4.79 Å². The van der Waals surface area contributed by atoms with Crippen molar-refractivity contribution in [1.29, 1.82) is 0 Å². The molecule has 0 aromatic heterocycles. The fraction of sp³-hybridized carbons (Fsp3) is 0.235. The second-order valence-corrected chi connectivity index (χ2v) is 5.09. The zero-order valence-electron chi connectivity index (χ0n) is 12.2. The highest BCUT2D eigenvalue weighted by Gasteiger charge is 2.08. The van der Waals surface area contributed by atoms with Crippen LogP contribution in [-0.2, 0) is 6.42 Å². The lowest BCUT2D eigenvalue weighted by Crippen LogP contribution is -2.12. The van der Waals surface area contributed by atoms with E-state index in [1.807, 2.05) is 38.1 Å². The molecular weight excluding hydrogens is 248 g/mol. The Hall–Kier alpha value is -2.29. The van der Waals surface area contributed by atoms with Crippen LogP contribution in [0.1, 0.15) is 34.0 Å². The normalized spacial score (nSPS) is 10.3. The Balaban J connectivity index is 2.23. The number of aryl methyl sites for hydroxylation is 3. The minimum absolute atomic E-state index is 0.105. The molecular formula is C17H20N2O. The summed E-state index contributed by atoms with van der Waals surface area (Å²) in [6.07, 6.45) is 0.916. The van der Waals surface area contributed by atoms with Gasteiger partial charge in [0.25, 0.3) is 5.91 Å². The molecule has 0 unspecified atom stereocenters. The van der Waals surface area contributed by atoms with Crippen molar-refractivity contribution in [3.63, 3.8) is 0 Å². The lowest BCUT2D eigenvalue weighted by molar-refractivity contribution is 0.102. The molecule has 0 radical (unpaired) electrons. The summed E-state index contributed by atoms with van der Waals surface area (Å²) in [6.45, 7) is 6.02. The van der Waals surface area contributed by atoms with Gasteiger partial charge < -0.3 is 11.1 Å². The molecule has 2 aromatic carbocycles. The number of nitrogens with one attached hydrogen (secondary N) is 1. The van der Waals surface area contributed by atoms with Gasteiger partial charge in [-0.3, -0.25) is 4.79 Å². The molecule has 0 heterocycles. The summed E-state index contributed by atoms with van der Waals surface area (Å²) in [5.41, 5.74) is 11.2. The molecule has 3 heteroatoms. The van der Waals surface area contributed by atoms with E-state index in [9.17, 15) is 4.79 Å².